The van der Waals surface area contributed by atoms with Crippen LogP contribution in [0.3, 0.4) is 0 Å². The Balaban J connectivity index is 1.59. The van der Waals surface area contributed by atoms with Crippen LogP contribution >= 0.6 is 0 Å². The Morgan fingerprint density at radius 3 is 3.04 bits per heavy atom. The summed E-state index contributed by atoms with van der Waals surface area (Å²) in [5.74, 6) is 1.08. The Labute approximate surface area is 143 Å². The summed E-state index contributed by atoms with van der Waals surface area (Å²) in [5, 5.41) is 17.5. The number of anilines is 1. The minimum absolute atomic E-state index is 0.109. The largest absolute Gasteiger partial charge is 0.487 e. The number of nitrogen functional groups attached to an aromatic ring is 1. The lowest BCUT2D eigenvalue weighted by molar-refractivity contribution is 0.0501. The van der Waals surface area contributed by atoms with Crippen molar-refractivity contribution in [3.05, 3.63) is 30.6 Å². The van der Waals surface area contributed by atoms with Crippen molar-refractivity contribution >= 4 is 17.4 Å². The van der Waals surface area contributed by atoms with Crippen LogP contribution in [0.4, 0.5) is 10.6 Å². The summed E-state index contributed by atoms with van der Waals surface area (Å²) >= 11 is 0. The summed E-state index contributed by atoms with van der Waals surface area (Å²) in [6.07, 6.45) is 3.38. The van der Waals surface area contributed by atoms with Crippen molar-refractivity contribution in [1.29, 1.82) is 0 Å². The van der Waals surface area contributed by atoms with Gasteiger partial charge in [-0.25, -0.2) is 9.31 Å². The van der Waals surface area contributed by atoms with E-state index in [0.717, 1.165) is 23.2 Å². The number of likely N-dealkylation sites (tertiary alicyclic amines) is 1. The van der Waals surface area contributed by atoms with Crippen molar-refractivity contribution in [2.45, 2.75) is 12.5 Å². The van der Waals surface area contributed by atoms with Crippen LogP contribution in [0.15, 0.2) is 30.6 Å². The highest BCUT2D eigenvalue weighted by Gasteiger charge is 2.32. The lowest BCUT2D eigenvalue weighted by atomic mass is 10.1. The molecule has 1 unspecified atom stereocenters. The van der Waals surface area contributed by atoms with Gasteiger partial charge >= 0.3 is 6.09 Å². The number of carboxylic acid groups (broad SMARTS) is 1. The summed E-state index contributed by atoms with van der Waals surface area (Å²) in [7, 11) is 1.84. The second kappa shape index (κ2) is 5.69. The number of nitrogens with zero attached hydrogens (tertiary/aromatic N) is 5. The molecule has 25 heavy (non-hydrogen) atoms. The van der Waals surface area contributed by atoms with Crippen molar-refractivity contribution in [3.63, 3.8) is 0 Å². The van der Waals surface area contributed by atoms with Gasteiger partial charge in [-0.1, -0.05) is 0 Å². The van der Waals surface area contributed by atoms with E-state index in [1.54, 1.807) is 21.5 Å². The Morgan fingerprint density at radius 2 is 2.32 bits per heavy atom. The number of aromatic nitrogens is 4. The number of ether oxygens (including phenoxy) is 1. The van der Waals surface area contributed by atoms with Crippen LogP contribution in [0.25, 0.3) is 16.8 Å². The molecule has 9 nitrogen and oxygen atoms in total. The second-order valence-corrected chi connectivity index (χ2v) is 6.06. The molecular weight excluding hydrogens is 324 g/mol. The summed E-state index contributed by atoms with van der Waals surface area (Å²) < 4.78 is 9.31. The van der Waals surface area contributed by atoms with Crippen LogP contribution in [0.5, 0.6) is 5.75 Å². The SMILES string of the molecule is Cn1ncc(OCC2CCN2C(=O)O)c1-c1ccn2nc(N)cc2c1. The maximum atomic E-state index is 11.1. The molecule has 1 atom stereocenters. The fraction of sp³-hybridized carbons (Fsp3) is 0.312. The lowest BCUT2D eigenvalue weighted by Gasteiger charge is -2.38. The molecule has 1 aliphatic heterocycles. The second-order valence-electron chi connectivity index (χ2n) is 6.06. The molecule has 1 amide bonds. The number of hydrogen-bond acceptors (Lipinski definition) is 5. The van der Waals surface area contributed by atoms with Crippen molar-refractivity contribution in [3.8, 4) is 17.0 Å². The van der Waals surface area contributed by atoms with Gasteiger partial charge in [-0.15, -0.1) is 0 Å². The third kappa shape index (κ3) is 2.63. The van der Waals surface area contributed by atoms with Gasteiger partial charge in [0.15, 0.2) is 5.75 Å². The first kappa shape index (κ1) is 15.3. The number of amides is 1. The van der Waals surface area contributed by atoms with Gasteiger partial charge < -0.3 is 20.5 Å². The first-order valence-electron chi connectivity index (χ1n) is 7.92. The normalized spacial score (nSPS) is 16.8. The van der Waals surface area contributed by atoms with Crippen molar-refractivity contribution < 1.29 is 14.6 Å². The third-order valence-corrected chi connectivity index (χ3v) is 4.48. The fourth-order valence-electron chi connectivity index (χ4n) is 3.07. The monoisotopic (exact) mass is 342 g/mol. The standard InChI is InChI=1S/C16H18N6O3/c1-20-15(10-2-5-22-12(6-10)7-14(17)19-22)13(8-18-20)25-9-11-3-4-21(11)16(23)24/h2,5-8,11H,3-4,9H2,1H3,(H2,17,19)(H,23,24). The molecule has 3 aromatic rings. The van der Waals surface area contributed by atoms with E-state index >= 15 is 0 Å². The molecule has 4 heterocycles. The van der Waals surface area contributed by atoms with Crippen LogP contribution in [-0.4, -0.2) is 54.7 Å². The molecule has 0 aliphatic carbocycles. The average Bonchev–Trinajstić information content (AvgIpc) is 3.06. The van der Waals surface area contributed by atoms with E-state index in [4.69, 9.17) is 15.6 Å². The maximum Gasteiger partial charge on any atom is 0.407 e. The molecule has 0 bridgehead atoms. The molecule has 3 N–H and O–H groups in total. The number of hydrogen-bond donors (Lipinski definition) is 2. The van der Waals surface area contributed by atoms with Gasteiger partial charge in [0.1, 0.15) is 18.1 Å². The van der Waals surface area contributed by atoms with Gasteiger partial charge in [0.25, 0.3) is 0 Å². The topological polar surface area (TPSA) is 111 Å². The van der Waals surface area contributed by atoms with Gasteiger partial charge in [-0.3, -0.25) is 4.68 Å². The molecule has 4 rings (SSSR count). The third-order valence-electron chi connectivity index (χ3n) is 4.48. The van der Waals surface area contributed by atoms with Gasteiger partial charge in [0.2, 0.25) is 0 Å². The zero-order chi connectivity index (χ0) is 17.6. The van der Waals surface area contributed by atoms with E-state index in [-0.39, 0.29) is 6.04 Å². The van der Waals surface area contributed by atoms with Crippen molar-refractivity contribution in [2.75, 3.05) is 18.9 Å². The minimum atomic E-state index is -0.907. The van der Waals surface area contributed by atoms with Crippen LogP contribution < -0.4 is 10.5 Å². The van der Waals surface area contributed by atoms with Crippen LogP contribution in [0.1, 0.15) is 6.42 Å². The van der Waals surface area contributed by atoms with Crippen LogP contribution in [0.2, 0.25) is 0 Å². The fourth-order valence-corrected chi connectivity index (χ4v) is 3.07. The van der Waals surface area contributed by atoms with Crippen molar-refractivity contribution in [1.82, 2.24) is 24.3 Å². The molecule has 0 saturated carbocycles. The predicted octanol–water partition coefficient (Wildman–Crippen LogP) is 1.45. The average molecular weight is 342 g/mol. The first-order valence-corrected chi connectivity index (χ1v) is 7.92. The van der Waals surface area contributed by atoms with Gasteiger partial charge in [0, 0.05) is 31.4 Å². The zero-order valence-electron chi connectivity index (χ0n) is 13.7. The molecule has 0 spiro atoms. The lowest BCUT2D eigenvalue weighted by Crippen LogP contribution is -2.53. The molecule has 3 aromatic heterocycles. The molecule has 0 radical (unpaired) electrons. The smallest absolute Gasteiger partial charge is 0.407 e. The first-order chi connectivity index (χ1) is 12.0. The number of rotatable bonds is 4. The van der Waals surface area contributed by atoms with E-state index < -0.39 is 6.09 Å². The number of carbonyl (C=O) groups is 1. The molecule has 130 valence electrons. The van der Waals surface area contributed by atoms with Crippen LogP contribution in [-0.2, 0) is 7.05 Å². The summed E-state index contributed by atoms with van der Waals surface area (Å²) in [6.45, 7) is 0.870. The highest BCUT2D eigenvalue weighted by molar-refractivity contribution is 5.72. The maximum absolute atomic E-state index is 11.1. The minimum Gasteiger partial charge on any atom is -0.487 e. The van der Waals surface area contributed by atoms with Crippen molar-refractivity contribution in [2.24, 2.45) is 7.05 Å². The van der Waals surface area contributed by atoms with Crippen LogP contribution in [0, 0.1) is 0 Å². The zero-order valence-corrected chi connectivity index (χ0v) is 13.7. The Hall–Kier alpha value is -3.23. The van der Waals surface area contributed by atoms with E-state index in [2.05, 4.69) is 10.2 Å². The van der Waals surface area contributed by atoms with Gasteiger partial charge in [0.05, 0.1) is 17.8 Å². The highest BCUT2D eigenvalue weighted by Crippen LogP contribution is 2.31. The summed E-state index contributed by atoms with van der Waals surface area (Å²) in [5.41, 5.74) is 8.35. The molecule has 9 heteroatoms. The Kier molecular flexibility index (Phi) is 3.48. The number of fused-ring (bicyclic) bond motifs is 1. The number of pyridine rings is 1. The summed E-state index contributed by atoms with van der Waals surface area (Å²) in [4.78, 5) is 12.4. The molecular formula is C16H18N6O3. The van der Waals surface area contributed by atoms with E-state index in [0.29, 0.717) is 24.7 Å². The molecule has 1 fully saturated rings. The molecule has 0 aromatic carbocycles. The molecule has 1 aliphatic rings. The van der Waals surface area contributed by atoms with E-state index in [9.17, 15) is 4.79 Å². The van der Waals surface area contributed by atoms with Gasteiger partial charge in [-0.2, -0.15) is 10.2 Å². The highest BCUT2D eigenvalue weighted by atomic mass is 16.5. The van der Waals surface area contributed by atoms with Gasteiger partial charge in [-0.05, 0) is 18.6 Å². The summed E-state index contributed by atoms with van der Waals surface area (Å²) in [6, 6.07) is 5.55. The number of nitrogens with two attached hydrogens (primary N) is 1. The number of aryl methyl sites for hydroxylation is 1. The Morgan fingerprint density at radius 1 is 1.48 bits per heavy atom. The van der Waals surface area contributed by atoms with E-state index in [1.807, 2.05) is 25.4 Å². The van der Waals surface area contributed by atoms with E-state index in [1.165, 1.54) is 4.90 Å². The Bertz CT molecular complexity index is 947. The predicted molar refractivity (Wildman–Crippen MR) is 90.4 cm³/mol. The molecule has 1 saturated heterocycles. The quantitative estimate of drug-likeness (QED) is 0.742.